The molecular weight excluding hydrogens is 377 g/mol. The molecule has 2 aromatic carbocycles. The number of nitrogen functional groups attached to an aromatic ring is 1. The molecule has 1 atom stereocenters. The number of hydrogen-bond acceptors (Lipinski definition) is 5. The van der Waals surface area contributed by atoms with Gasteiger partial charge in [0, 0.05) is 17.5 Å². The smallest absolute Gasteiger partial charge is 0.180 e. The maximum absolute atomic E-state index is 14.9. The molecule has 7 heteroatoms. The van der Waals surface area contributed by atoms with Crippen LogP contribution in [0.2, 0.25) is 0 Å². The Hall–Kier alpha value is -2.67. The molecule has 4 rings (SSSR count). The molecule has 0 fully saturated rings. The quantitative estimate of drug-likeness (QED) is 0.693. The summed E-state index contributed by atoms with van der Waals surface area (Å²) in [6, 6.07) is 12.7. The monoisotopic (exact) mass is 399 g/mol. The zero-order chi connectivity index (χ0) is 20.1. The van der Waals surface area contributed by atoms with Gasteiger partial charge in [-0.1, -0.05) is 24.3 Å². The van der Waals surface area contributed by atoms with Gasteiger partial charge in [-0.3, -0.25) is 0 Å². The van der Waals surface area contributed by atoms with Gasteiger partial charge in [-0.2, -0.15) is 0 Å². The highest BCUT2D eigenvalue weighted by Gasteiger charge is 2.40. The number of sulfone groups is 1. The number of pyridine rings is 1. The third-order valence-electron chi connectivity index (χ3n) is 5.32. The number of aromatic nitrogens is 1. The van der Waals surface area contributed by atoms with E-state index in [1.165, 1.54) is 6.92 Å². The van der Waals surface area contributed by atoms with E-state index in [1.807, 2.05) is 31.2 Å². The van der Waals surface area contributed by atoms with E-state index in [1.54, 1.807) is 18.2 Å². The summed E-state index contributed by atoms with van der Waals surface area (Å²) in [5.74, 6) is 0.299. The van der Waals surface area contributed by atoms with Crippen LogP contribution in [0.15, 0.2) is 47.4 Å². The molecule has 1 aliphatic heterocycles. The van der Waals surface area contributed by atoms with Crippen molar-refractivity contribution in [3.63, 3.8) is 0 Å². The normalized spacial score (nSPS) is 20.7. The van der Waals surface area contributed by atoms with E-state index < -0.39 is 15.5 Å². The Morgan fingerprint density at radius 3 is 2.82 bits per heavy atom. The molecule has 1 aromatic heterocycles. The van der Waals surface area contributed by atoms with Gasteiger partial charge < -0.3 is 11.1 Å². The van der Waals surface area contributed by atoms with Crippen LogP contribution in [0.5, 0.6) is 0 Å². The van der Waals surface area contributed by atoms with Gasteiger partial charge in [0.2, 0.25) is 0 Å². The average molecular weight is 399 g/mol. The van der Waals surface area contributed by atoms with E-state index in [2.05, 4.69) is 10.3 Å². The summed E-state index contributed by atoms with van der Waals surface area (Å²) in [6.45, 7) is 3.74. The SMILES string of the molecule is Cc1cc2ccc(CNc3cccc4c3S(=O)(=O)CCC4(C)F)cc2nc1N. The maximum Gasteiger partial charge on any atom is 0.180 e. The van der Waals surface area contributed by atoms with Gasteiger partial charge in [-0.05, 0) is 49.6 Å². The van der Waals surface area contributed by atoms with Gasteiger partial charge >= 0.3 is 0 Å². The van der Waals surface area contributed by atoms with E-state index in [-0.39, 0.29) is 22.6 Å². The Morgan fingerprint density at radius 2 is 2.04 bits per heavy atom. The lowest BCUT2D eigenvalue weighted by Gasteiger charge is -2.30. The summed E-state index contributed by atoms with van der Waals surface area (Å²) < 4.78 is 40.1. The van der Waals surface area contributed by atoms with E-state index in [0.717, 1.165) is 22.0 Å². The van der Waals surface area contributed by atoms with Crippen LogP contribution >= 0.6 is 0 Å². The van der Waals surface area contributed by atoms with Crippen LogP contribution in [-0.2, 0) is 22.1 Å². The lowest BCUT2D eigenvalue weighted by molar-refractivity contribution is 0.178. The predicted octanol–water partition coefficient (Wildman–Crippen LogP) is 4.10. The van der Waals surface area contributed by atoms with Crippen LogP contribution in [0.3, 0.4) is 0 Å². The van der Waals surface area contributed by atoms with Crippen molar-refractivity contribution in [2.45, 2.75) is 37.4 Å². The Bertz CT molecular complexity index is 1190. The highest BCUT2D eigenvalue weighted by atomic mass is 32.2. The van der Waals surface area contributed by atoms with Gasteiger partial charge in [0.05, 0.1) is 21.9 Å². The van der Waals surface area contributed by atoms with Crippen LogP contribution in [0.1, 0.15) is 30.0 Å². The number of benzene rings is 2. The van der Waals surface area contributed by atoms with Gasteiger partial charge in [0.15, 0.2) is 9.84 Å². The van der Waals surface area contributed by atoms with Crippen molar-refractivity contribution in [1.29, 1.82) is 0 Å². The second-order valence-electron chi connectivity index (χ2n) is 7.52. The van der Waals surface area contributed by atoms with Crippen molar-refractivity contribution in [3.8, 4) is 0 Å². The first-order chi connectivity index (χ1) is 13.2. The number of nitrogens with zero attached hydrogens (tertiary/aromatic N) is 1. The Kier molecular flexibility index (Phi) is 4.30. The average Bonchev–Trinajstić information content (AvgIpc) is 2.65. The first kappa shape index (κ1) is 18.7. The van der Waals surface area contributed by atoms with Gasteiger partial charge in [0.1, 0.15) is 11.5 Å². The molecule has 0 aliphatic carbocycles. The van der Waals surface area contributed by atoms with Crippen LogP contribution in [-0.4, -0.2) is 19.2 Å². The number of halogens is 1. The summed E-state index contributed by atoms with van der Waals surface area (Å²) in [4.78, 5) is 4.48. The number of hydrogen-bond donors (Lipinski definition) is 2. The van der Waals surface area contributed by atoms with Crippen molar-refractivity contribution in [3.05, 3.63) is 59.2 Å². The topological polar surface area (TPSA) is 85.1 Å². The van der Waals surface area contributed by atoms with Crippen molar-refractivity contribution < 1.29 is 12.8 Å². The summed E-state index contributed by atoms with van der Waals surface area (Å²) in [7, 11) is -3.52. The summed E-state index contributed by atoms with van der Waals surface area (Å²) in [5, 5.41) is 4.16. The standard InChI is InChI=1S/C21H22FN3O2S/c1-13-10-15-7-6-14(11-18(15)25-20(13)23)12-24-17-5-3-4-16-19(17)28(26,27)9-8-21(16,2)22/h3-7,10-11,24H,8-9,12H2,1-2H3,(H2,23,25). The van der Waals surface area contributed by atoms with Crippen molar-refractivity contribution in [1.82, 2.24) is 4.98 Å². The molecule has 0 spiro atoms. The summed E-state index contributed by atoms with van der Waals surface area (Å²) >= 11 is 0. The number of nitrogens with one attached hydrogen (secondary N) is 1. The fourth-order valence-electron chi connectivity index (χ4n) is 3.63. The first-order valence-corrected chi connectivity index (χ1v) is 10.8. The minimum Gasteiger partial charge on any atom is -0.383 e. The van der Waals surface area contributed by atoms with Crippen LogP contribution in [0.4, 0.5) is 15.9 Å². The van der Waals surface area contributed by atoms with Gasteiger partial charge in [-0.15, -0.1) is 0 Å². The Balaban J connectivity index is 1.68. The maximum atomic E-state index is 14.9. The minimum absolute atomic E-state index is 0.0248. The van der Waals surface area contributed by atoms with Crippen LogP contribution in [0.25, 0.3) is 10.9 Å². The number of anilines is 2. The highest BCUT2D eigenvalue weighted by molar-refractivity contribution is 7.91. The molecule has 146 valence electrons. The predicted molar refractivity (Wildman–Crippen MR) is 110 cm³/mol. The highest BCUT2D eigenvalue weighted by Crippen LogP contribution is 2.42. The second kappa shape index (κ2) is 6.44. The lowest BCUT2D eigenvalue weighted by Crippen LogP contribution is -2.30. The van der Waals surface area contributed by atoms with E-state index in [9.17, 15) is 12.8 Å². The molecule has 28 heavy (non-hydrogen) atoms. The van der Waals surface area contributed by atoms with Gasteiger partial charge in [0.25, 0.3) is 0 Å². The van der Waals surface area contributed by atoms with Crippen molar-refractivity contribution in [2.24, 2.45) is 0 Å². The zero-order valence-electron chi connectivity index (χ0n) is 15.8. The van der Waals surface area contributed by atoms with Gasteiger partial charge in [-0.25, -0.2) is 17.8 Å². The fourth-order valence-corrected chi connectivity index (χ4v) is 5.57. The summed E-state index contributed by atoms with van der Waals surface area (Å²) in [5.41, 5.74) is 7.54. The molecule has 0 saturated carbocycles. The molecule has 0 saturated heterocycles. The van der Waals surface area contributed by atoms with E-state index in [4.69, 9.17) is 5.73 Å². The molecule has 0 radical (unpaired) electrons. The minimum atomic E-state index is -3.52. The number of nitrogens with two attached hydrogens (primary N) is 1. The number of rotatable bonds is 3. The third kappa shape index (κ3) is 3.20. The molecule has 1 aliphatic rings. The molecule has 0 amide bonds. The molecule has 0 bridgehead atoms. The zero-order valence-corrected chi connectivity index (χ0v) is 16.6. The number of alkyl halides is 1. The number of aryl methyl sites for hydroxylation is 1. The molecule has 1 unspecified atom stereocenters. The Labute approximate surface area is 163 Å². The van der Waals surface area contributed by atoms with E-state index >= 15 is 0 Å². The Morgan fingerprint density at radius 1 is 1.25 bits per heavy atom. The molecule has 5 nitrogen and oxygen atoms in total. The van der Waals surface area contributed by atoms with Crippen molar-refractivity contribution in [2.75, 3.05) is 16.8 Å². The molecule has 3 aromatic rings. The molecule has 2 heterocycles. The largest absolute Gasteiger partial charge is 0.383 e. The summed E-state index contributed by atoms with van der Waals surface area (Å²) in [6.07, 6.45) is -0.0248. The molecular formula is C21H22FN3O2S. The molecule has 3 N–H and O–H groups in total. The second-order valence-corrected chi connectivity index (χ2v) is 9.57. The first-order valence-electron chi connectivity index (χ1n) is 9.12. The van der Waals surface area contributed by atoms with Crippen LogP contribution < -0.4 is 11.1 Å². The van der Waals surface area contributed by atoms with Crippen LogP contribution in [0, 0.1) is 6.92 Å². The lowest BCUT2D eigenvalue weighted by atomic mass is 9.94. The number of fused-ring (bicyclic) bond motifs is 2. The fraction of sp³-hybridized carbons (Fsp3) is 0.286. The third-order valence-corrected chi connectivity index (χ3v) is 7.13. The van der Waals surface area contributed by atoms with E-state index in [0.29, 0.717) is 18.1 Å². The van der Waals surface area contributed by atoms with Crippen molar-refractivity contribution >= 4 is 32.2 Å².